The minimum Gasteiger partial charge on any atom is -0.422 e. The minimum atomic E-state index is -0.478. The Kier molecular flexibility index (Phi) is 4.80. The Morgan fingerprint density at radius 1 is 1.04 bits per heavy atom. The van der Waals surface area contributed by atoms with Gasteiger partial charge in [0.15, 0.2) is 0 Å². The number of aromatic nitrogens is 1. The number of esters is 1. The van der Waals surface area contributed by atoms with Gasteiger partial charge in [-0.3, -0.25) is 4.79 Å². The van der Waals surface area contributed by atoms with E-state index in [1.807, 2.05) is 36.4 Å². The molecule has 5 nitrogen and oxygen atoms in total. The van der Waals surface area contributed by atoms with Crippen LogP contribution in [0.25, 0.3) is 22.2 Å². The van der Waals surface area contributed by atoms with Crippen LogP contribution in [0.5, 0.6) is 5.75 Å². The van der Waals surface area contributed by atoms with Gasteiger partial charge in [-0.15, -0.1) is 0 Å². The molecule has 130 valence electrons. The van der Waals surface area contributed by atoms with Gasteiger partial charge in [-0.2, -0.15) is 0 Å². The fraction of sp³-hybridized carbons (Fsp3) is 0.0952. The van der Waals surface area contributed by atoms with Crippen LogP contribution in [-0.2, 0) is 9.59 Å². The molecular formula is C21H18N2O3. The highest BCUT2D eigenvalue weighted by Gasteiger charge is 2.12. The summed E-state index contributed by atoms with van der Waals surface area (Å²) in [5, 5.41) is 3.48. The second-order valence-corrected chi connectivity index (χ2v) is 5.95. The Morgan fingerprint density at radius 2 is 1.73 bits per heavy atom. The van der Waals surface area contributed by atoms with Crippen LogP contribution in [0.1, 0.15) is 13.8 Å². The van der Waals surface area contributed by atoms with E-state index in [0.29, 0.717) is 22.7 Å². The summed E-state index contributed by atoms with van der Waals surface area (Å²) < 4.78 is 5.49. The average molecular weight is 346 g/mol. The van der Waals surface area contributed by atoms with Crippen molar-refractivity contribution in [2.75, 3.05) is 5.32 Å². The van der Waals surface area contributed by atoms with Crippen LogP contribution in [0, 0.1) is 0 Å². The summed E-state index contributed by atoms with van der Waals surface area (Å²) in [6.07, 6.45) is 0. The Hall–Kier alpha value is -3.47. The SMILES string of the molecule is C=C(C)C(=O)Oc1cc(-c2ccc(NC(C)=O)cc2)nc2ccccc12. The molecular weight excluding hydrogens is 328 g/mol. The third kappa shape index (κ3) is 3.78. The molecule has 0 aliphatic carbocycles. The number of ether oxygens (including phenoxy) is 1. The predicted molar refractivity (Wildman–Crippen MR) is 102 cm³/mol. The molecule has 0 unspecified atom stereocenters. The van der Waals surface area contributed by atoms with E-state index in [4.69, 9.17) is 4.74 Å². The van der Waals surface area contributed by atoms with Crippen LogP contribution >= 0.6 is 0 Å². The highest BCUT2D eigenvalue weighted by atomic mass is 16.5. The van der Waals surface area contributed by atoms with Crippen molar-refractivity contribution in [3.8, 4) is 17.0 Å². The Morgan fingerprint density at radius 3 is 2.38 bits per heavy atom. The Labute approximate surface area is 151 Å². The van der Waals surface area contributed by atoms with Gasteiger partial charge in [0.1, 0.15) is 5.75 Å². The molecule has 0 aliphatic rings. The molecule has 1 amide bonds. The van der Waals surface area contributed by atoms with E-state index in [1.165, 1.54) is 6.92 Å². The van der Waals surface area contributed by atoms with E-state index in [-0.39, 0.29) is 5.91 Å². The van der Waals surface area contributed by atoms with Gasteiger partial charge in [0.05, 0.1) is 11.2 Å². The van der Waals surface area contributed by atoms with Crippen LogP contribution in [0.3, 0.4) is 0 Å². The summed E-state index contributed by atoms with van der Waals surface area (Å²) in [5.74, 6) is -0.173. The first-order valence-electron chi connectivity index (χ1n) is 8.09. The molecule has 0 aliphatic heterocycles. The van der Waals surface area contributed by atoms with Crippen molar-refractivity contribution >= 4 is 28.5 Å². The summed E-state index contributed by atoms with van der Waals surface area (Å²) in [7, 11) is 0. The van der Waals surface area contributed by atoms with E-state index in [0.717, 1.165) is 16.5 Å². The lowest BCUT2D eigenvalue weighted by atomic mass is 10.1. The van der Waals surface area contributed by atoms with Crippen LogP contribution in [0.15, 0.2) is 66.7 Å². The number of carbonyl (C=O) groups excluding carboxylic acids is 2. The zero-order chi connectivity index (χ0) is 18.7. The van der Waals surface area contributed by atoms with Crippen LogP contribution < -0.4 is 10.1 Å². The molecule has 1 aromatic heterocycles. The number of amides is 1. The van der Waals surface area contributed by atoms with Crippen molar-refractivity contribution in [2.45, 2.75) is 13.8 Å². The normalized spacial score (nSPS) is 10.4. The van der Waals surface area contributed by atoms with Gasteiger partial charge in [0.25, 0.3) is 0 Å². The lowest BCUT2D eigenvalue weighted by molar-refractivity contribution is -0.130. The van der Waals surface area contributed by atoms with Gasteiger partial charge in [-0.05, 0) is 31.2 Å². The average Bonchev–Trinajstić information content (AvgIpc) is 2.61. The standard InChI is InChI=1S/C21H18N2O3/c1-13(2)21(25)26-20-12-19(23-18-7-5-4-6-17(18)20)15-8-10-16(11-9-15)22-14(3)24/h4-12H,1H2,2-3H3,(H,22,24). The maximum atomic E-state index is 12.0. The molecule has 3 aromatic rings. The highest BCUT2D eigenvalue weighted by molar-refractivity contribution is 5.94. The third-order valence-corrected chi connectivity index (χ3v) is 3.73. The first-order chi connectivity index (χ1) is 12.4. The van der Waals surface area contributed by atoms with Crippen LogP contribution in [-0.4, -0.2) is 16.9 Å². The molecule has 0 radical (unpaired) electrons. The number of para-hydroxylation sites is 1. The molecule has 0 saturated carbocycles. The number of hydrogen-bond acceptors (Lipinski definition) is 4. The van der Waals surface area contributed by atoms with Crippen molar-refractivity contribution in [3.63, 3.8) is 0 Å². The fourth-order valence-corrected chi connectivity index (χ4v) is 2.49. The largest absolute Gasteiger partial charge is 0.422 e. The highest BCUT2D eigenvalue weighted by Crippen LogP contribution is 2.31. The zero-order valence-corrected chi connectivity index (χ0v) is 14.6. The number of anilines is 1. The van der Waals surface area contributed by atoms with Crippen molar-refractivity contribution in [3.05, 3.63) is 66.7 Å². The maximum absolute atomic E-state index is 12.0. The molecule has 0 bridgehead atoms. The van der Waals surface area contributed by atoms with Crippen molar-refractivity contribution in [1.82, 2.24) is 4.98 Å². The van der Waals surface area contributed by atoms with E-state index in [9.17, 15) is 9.59 Å². The smallest absolute Gasteiger partial charge is 0.338 e. The van der Waals surface area contributed by atoms with E-state index in [2.05, 4.69) is 16.9 Å². The van der Waals surface area contributed by atoms with E-state index >= 15 is 0 Å². The molecule has 0 saturated heterocycles. The lowest BCUT2D eigenvalue weighted by Gasteiger charge is -2.11. The van der Waals surface area contributed by atoms with Gasteiger partial charge in [0.2, 0.25) is 5.91 Å². The summed E-state index contributed by atoms with van der Waals surface area (Å²) in [5.41, 5.74) is 3.27. The number of nitrogens with zero attached hydrogens (tertiary/aromatic N) is 1. The molecule has 3 rings (SSSR count). The molecule has 26 heavy (non-hydrogen) atoms. The third-order valence-electron chi connectivity index (χ3n) is 3.73. The molecule has 0 fully saturated rings. The summed E-state index contributed by atoms with van der Waals surface area (Å²) in [6.45, 7) is 6.68. The number of nitrogens with one attached hydrogen (secondary N) is 1. The summed E-state index contributed by atoms with van der Waals surface area (Å²) in [6, 6.07) is 16.5. The van der Waals surface area contributed by atoms with Crippen molar-refractivity contribution < 1.29 is 14.3 Å². The maximum Gasteiger partial charge on any atom is 0.338 e. The molecule has 0 atom stereocenters. The van der Waals surface area contributed by atoms with Crippen molar-refractivity contribution in [2.24, 2.45) is 0 Å². The fourth-order valence-electron chi connectivity index (χ4n) is 2.49. The van der Waals surface area contributed by atoms with Crippen LogP contribution in [0.4, 0.5) is 5.69 Å². The van der Waals surface area contributed by atoms with Gasteiger partial charge >= 0.3 is 5.97 Å². The molecule has 1 heterocycles. The van der Waals surface area contributed by atoms with E-state index < -0.39 is 5.97 Å². The minimum absolute atomic E-state index is 0.129. The number of carbonyl (C=O) groups is 2. The predicted octanol–water partition coefficient (Wildman–Crippen LogP) is 4.34. The number of fused-ring (bicyclic) bond motifs is 1. The number of hydrogen-bond donors (Lipinski definition) is 1. The molecule has 2 aromatic carbocycles. The number of rotatable bonds is 4. The number of benzene rings is 2. The Balaban J connectivity index is 2.04. The molecule has 1 N–H and O–H groups in total. The second-order valence-electron chi connectivity index (χ2n) is 5.95. The quantitative estimate of drug-likeness (QED) is 0.563. The molecule has 0 spiro atoms. The van der Waals surface area contributed by atoms with Gasteiger partial charge in [0, 0.05) is 35.2 Å². The monoisotopic (exact) mass is 346 g/mol. The van der Waals surface area contributed by atoms with Crippen LogP contribution in [0.2, 0.25) is 0 Å². The van der Waals surface area contributed by atoms with Gasteiger partial charge in [-0.1, -0.05) is 30.8 Å². The summed E-state index contributed by atoms with van der Waals surface area (Å²) in [4.78, 5) is 27.8. The molecule has 5 heteroatoms. The first kappa shape index (κ1) is 17.4. The summed E-state index contributed by atoms with van der Waals surface area (Å²) >= 11 is 0. The Bertz CT molecular complexity index is 1010. The van der Waals surface area contributed by atoms with Crippen molar-refractivity contribution in [1.29, 1.82) is 0 Å². The first-order valence-corrected chi connectivity index (χ1v) is 8.09. The topological polar surface area (TPSA) is 68.3 Å². The number of pyridine rings is 1. The second kappa shape index (κ2) is 7.19. The zero-order valence-electron chi connectivity index (χ0n) is 14.6. The lowest BCUT2D eigenvalue weighted by Crippen LogP contribution is -2.09. The van der Waals surface area contributed by atoms with E-state index in [1.54, 1.807) is 25.1 Å². The van der Waals surface area contributed by atoms with Gasteiger partial charge < -0.3 is 10.1 Å². The van der Waals surface area contributed by atoms with Gasteiger partial charge in [-0.25, -0.2) is 9.78 Å².